The summed E-state index contributed by atoms with van der Waals surface area (Å²) in [6.45, 7) is 0.345. The molecule has 0 aliphatic rings. The molecule has 1 amide bonds. The first-order valence-electron chi connectivity index (χ1n) is 5.28. The Hall–Kier alpha value is -2.54. The minimum atomic E-state index is -0.309. The number of nitrogens with one attached hydrogen (secondary N) is 2. The molecule has 0 fully saturated rings. The molecule has 0 radical (unpaired) electrons. The molecule has 7 heteroatoms. The molecule has 2 aromatic rings. The molecule has 92 valence electrons. The van der Waals surface area contributed by atoms with Crippen LogP contribution in [0.1, 0.15) is 16.2 Å². The fourth-order valence-corrected chi connectivity index (χ4v) is 1.29. The maximum Gasteiger partial charge on any atom is 0.272 e. The molecule has 18 heavy (non-hydrogen) atoms. The third-order valence-corrected chi connectivity index (χ3v) is 2.20. The van der Waals surface area contributed by atoms with Crippen molar-refractivity contribution in [1.82, 2.24) is 20.5 Å². The van der Waals surface area contributed by atoms with Gasteiger partial charge in [0.05, 0.1) is 12.2 Å². The second-order valence-electron chi connectivity index (χ2n) is 3.45. The van der Waals surface area contributed by atoms with Crippen molar-refractivity contribution in [2.24, 2.45) is 5.84 Å². The zero-order valence-corrected chi connectivity index (χ0v) is 9.50. The average molecular weight is 244 g/mol. The summed E-state index contributed by atoms with van der Waals surface area (Å²) in [6, 6.07) is 8.61. The van der Waals surface area contributed by atoms with Crippen molar-refractivity contribution in [3.63, 3.8) is 0 Å². The SMILES string of the molecule is NNc1ccc(C(=O)NCc2ccccn2)nn1. The highest BCUT2D eigenvalue weighted by Gasteiger charge is 2.07. The van der Waals surface area contributed by atoms with Gasteiger partial charge in [-0.1, -0.05) is 6.07 Å². The molecule has 2 aromatic heterocycles. The maximum absolute atomic E-state index is 11.7. The van der Waals surface area contributed by atoms with Gasteiger partial charge < -0.3 is 10.7 Å². The number of pyridine rings is 1. The molecular weight excluding hydrogens is 232 g/mol. The molecule has 2 rings (SSSR count). The smallest absolute Gasteiger partial charge is 0.272 e. The fourth-order valence-electron chi connectivity index (χ4n) is 1.29. The van der Waals surface area contributed by atoms with Gasteiger partial charge in [-0.15, -0.1) is 10.2 Å². The van der Waals surface area contributed by atoms with Crippen molar-refractivity contribution in [3.8, 4) is 0 Å². The summed E-state index contributed by atoms with van der Waals surface area (Å²) >= 11 is 0. The zero-order valence-electron chi connectivity index (χ0n) is 9.50. The molecule has 0 saturated heterocycles. The number of hydrogen-bond acceptors (Lipinski definition) is 6. The lowest BCUT2D eigenvalue weighted by molar-refractivity contribution is 0.0944. The molecule has 0 saturated carbocycles. The summed E-state index contributed by atoms with van der Waals surface area (Å²) < 4.78 is 0. The first-order valence-corrected chi connectivity index (χ1v) is 5.28. The number of nitrogens with zero attached hydrogens (tertiary/aromatic N) is 3. The van der Waals surface area contributed by atoms with E-state index in [2.05, 4.69) is 25.9 Å². The molecule has 4 N–H and O–H groups in total. The Morgan fingerprint density at radius 1 is 1.22 bits per heavy atom. The van der Waals surface area contributed by atoms with Crippen LogP contribution in [0, 0.1) is 0 Å². The Kier molecular flexibility index (Phi) is 3.77. The van der Waals surface area contributed by atoms with Crippen molar-refractivity contribution < 1.29 is 4.79 Å². The van der Waals surface area contributed by atoms with E-state index in [0.717, 1.165) is 5.69 Å². The van der Waals surface area contributed by atoms with E-state index >= 15 is 0 Å². The van der Waals surface area contributed by atoms with Crippen LogP contribution < -0.4 is 16.6 Å². The van der Waals surface area contributed by atoms with Crippen LogP contribution in [0.15, 0.2) is 36.5 Å². The highest BCUT2D eigenvalue weighted by atomic mass is 16.1. The molecule has 0 atom stereocenters. The van der Waals surface area contributed by atoms with Crippen molar-refractivity contribution in [2.75, 3.05) is 5.43 Å². The van der Waals surface area contributed by atoms with Crippen LogP contribution in [0.5, 0.6) is 0 Å². The van der Waals surface area contributed by atoms with Gasteiger partial charge in [-0.2, -0.15) is 0 Å². The van der Waals surface area contributed by atoms with Gasteiger partial charge in [-0.3, -0.25) is 9.78 Å². The lowest BCUT2D eigenvalue weighted by atomic mass is 10.3. The van der Waals surface area contributed by atoms with Crippen molar-refractivity contribution >= 4 is 11.7 Å². The lowest BCUT2D eigenvalue weighted by Crippen LogP contribution is -2.24. The van der Waals surface area contributed by atoms with Gasteiger partial charge in [0.15, 0.2) is 11.5 Å². The number of hydrogen-bond donors (Lipinski definition) is 3. The number of rotatable bonds is 4. The van der Waals surface area contributed by atoms with Gasteiger partial charge in [0, 0.05) is 6.20 Å². The van der Waals surface area contributed by atoms with Gasteiger partial charge in [-0.05, 0) is 24.3 Å². The van der Waals surface area contributed by atoms with Crippen molar-refractivity contribution in [1.29, 1.82) is 0 Å². The standard InChI is InChI=1S/C11H12N6O/c12-15-10-5-4-9(16-17-10)11(18)14-7-8-3-1-2-6-13-8/h1-6H,7,12H2,(H,14,18)(H,15,17). The van der Waals surface area contributed by atoms with Crippen LogP contribution in [0.4, 0.5) is 5.82 Å². The van der Waals surface area contributed by atoms with Crippen LogP contribution in [-0.2, 0) is 6.54 Å². The fraction of sp³-hybridized carbons (Fsp3) is 0.0909. The molecule has 0 aliphatic heterocycles. The van der Waals surface area contributed by atoms with E-state index in [1.54, 1.807) is 12.3 Å². The van der Waals surface area contributed by atoms with E-state index in [0.29, 0.717) is 12.4 Å². The predicted molar refractivity (Wildman–Crippen MR) is 65.2 cm³/mol. The molecular formula is C11H12N6O. The summed E-state index contributed by atoms with van der Waals surface area (Å²) in [5.74, 6) is 5.24. The maximum atomic E-state index is 11.7. The highest BCUT2D eigenvalue weighted by molar-refractivity contribution is 5.92. The second-order valence-corrected chi connectivity index (χ2v) is 3.45. The summed E-state index contributed by atoms with van der Waals surface area (Å²) in [5.41, 5.74) is 3.34. The number of amides is 1. The molecule has 7 nitrogen and oxygen atoms in total. The number of carbonyl (C=O) groups is 1. The Morgan fingerprint density at radius 3 is 2.72 bits per heavy atom. The van der Waals surface area contributed by atoms with E-state index < -0.39 is 0 Å². The first-order chi connectivity index (χ1) is 8.79. The summed E-state index contributed by atoms with van der Waals surface area (Å²) in [4.78, 5) is 15.8. The molecule has 0 spiro atoms. The zero-order chi connectivity index (χ0) is 12.8. The third kappa shape index (κ3) is 2.98. The van der Waals surface area contributed by atoms with E-state index in [1.807, 2.05) is 18.2 Å². The van der Waals surface area contributed by atoms with Gasteiger partial charge >= 0.3 is 0 Å². The molecule has 2 heterocycles. The molecule has 0 aromatic carbocycles. The van der Waals surface area contributed by atoms with Crippen molar-refractivity contribution in [2.45, 2.75) is 6.54 Å². The largest absolute Gasteiger partial charge is 0.345 e. The highest BCUT2D eigenvalue weighted by Crippen LogP contribution is 2.00. The van der Waals surface area contributed by atoms with E-state index in [1.165, 1.54) is 6.07 Å². The van der Waals surface area contributed by atoms with Crippen LogP contribution in [0.2, 0.25) is 0 Å². The molecule has 0 bridgehead atoms. The molecule has 0 aliphatic carbocycles. The van der Waals surface area contributed by atoms with Crippen molar-refractivity contribution in [3.05, 3.63) is 47.9 Å². The Labute approximate surface area is 103 Å². The predicted octanol–water partition coefficient (Wildman–Crippen LogP) is 0.0872. The van der Waals surface area contributed by atoms with Gasteiger partial charge in [0.1, 0.15) is 0 Å². The van der Waals surface area contributed by atoms with Gasteiger partial charge in [-0.25, -0.2) is 5.84 Å². The summed E-state index contributed by atoms with van der Waals surface area (Å²) in [6.07, 6.45) is 1.67. The van der Waals surface area contributed by atoms with E-state index in [4.69, 9.17) is 5.84 Å². The van der Waals surface area contributed by atoms with Gasteiger partial charge in [0.2, 0.25) is 0 Å². The quantitative estimate of drug-likeness (QED) is 0.520. The number of anilines is 1. The average Bonchev–Trinajstić information content (AvgIpc) is 2.46. The summed E-state index contributed by atoms with van der Waals surface area (Å²) in [5, 5.41) is 10.1. The van der Waals surface area contributed by atoms with Crippen LogP contribution in [0.3, 0.4) is 0 Å². The van der Waals surface area contributed by atoms with Crippen LogP contribution in [-0.4, -0.2) is 21.1 Å². The second kappa shape index (κ2) is 5.69. The van der Waals surface area contributed by atoms with E-state index in [-0.39, 0.29) is 11.6 Å². The Balaban J connectivity index is 1.95. The van der Waals surface area contributed by atoms with Crippen LogP contribution >= 0.6 is 0 Å². The van der Waals surface area contributed by atoms with Gasteiger partial charge in [0.25, 0.3) is 5.91 Å². The topological polar surface area (TPSA) is 106 Å². The number of aromatic nitrogens is 3. The lowest BCUT2D eigenvalue weighted by Gasteiger charge is -2.04. The normalized spacial score (nSPS) is 9.83. The molecule has 0 unspecified atom stereocenters. The number of nitrogens with two attached hydrogens (primary N) is 1. The Morgan fingerprint density at radius 2 is 2.11 bits per heavy atom. The number of hydrazine groups is 1. The monoisotopic (exact) mass is 244 g/mol. The number of nitrogen functional groups attached to an aromatic ring is 1. The first kappa shape index (κ1) is 11.9. The minimum Gasteiger partial charge on any atom is -0.345 e. The van der Waals surface area contributed by atoms with Crippen LogP contribution in [0.25, 0.3) is 0 Å². The third-order valence-electron chi connectivity index (χ3n) is 2.20. The minimum absolute atomic E-state index is 0.227. The van der Waals surface area contributed by atoms with E-state index in [9.17, 15) is 4.79 Å². The Bertz CT molecular complexity index is 513. The number of carbonyl (C=O) groups excluding carboxylic acids is 1. The summed E-state index contributed by atoms with van der Waals surface area (Å²) in [7, 11) is 0.